The van der Waals surface area contributed by atoms with Crippen molar-refractivity contribution in [3.05, 3.63) is 34.9 Å². The fraction of sp³-hybridized carbons (Fsp3) is 0.562. The van der Waals surface area contributed by atoms with Gasteiger partial charge in [-0.25, -0.2) is 0 Å². The van der Waals surface area contributed by atoms with E-state index in [-0.39, 0.29) is 5.91 Å². The number of halogens is 1. The third-order valence-electron chi connectivity index (χ3n) is 3.12. The molecule has 0 saturated carbocycles. The van der Waals surface area contributed by atoms with Gasteiger partial charge in [-0.1, -0.05) is 37.6 Å². The minimum absolute atomic E-state index is 0.199. The molecule has 0 spiro atoms. The van der Waals surface area contributed by atoms with Gasteiger partial charge >= 0.3 is 0 Å². The number of nitrogens with one attached hydrogen (secondary N) is 1. The van der Waals surface area contributed by atoms with Crippen molar-refractivity contribution in [3.63, 3.8) is 0 Å². The molecule has 0 unspecified atom stereocenters. The van der Waals surface area contributed by atoms with Crippen LogP contribution in [-0.2, 0) is 11.2 Å². The molecule has 20 heavy (non-hydrogen) atoms. The Balaban J connectivity index is 2.25. The number of carbonyl (C=O) groups is 1. The summed E-state index contributed by atoms with van der Waals surface area (Å²) in [5.74, 6) is 0.199. The van der Waals surface area contributed by atoms with Crippen molar-refractivity contribution in [1.82, 2.24) is 10.2 Å². The summed E-state index contributed by atoms with van der Waals surface area (Å²) >= 11 is 5.84. The highest BCUT2D eigenvalue weighted by Gasteiger charge is 2.10. The smallest absolute Gasteiger partial charge is 0.236 e. The molecule has 0 atom stereocenters. The maximum atomic E-state index is 12.0. The molecule has 0 radical (unpaired) electrons. The Hall–Kier alpha value is -1.06. The summed E-state index contributed by atoms with van der Waals surface area (Å²) in [5.41, 5.74) is 1.23. The molecule has 3 nitrogen and oxygen atoms in total. The van der Waals surface area contributed by atoms with Gasteiger partial charge in [0.25, 0.3) is 0 Å². The standard InChI is InChI=1S/C16H25ClN2O/c1-3-11-19(12-4-2)16(20)13-18-10-9-14-5-7-15(17)8-6-14/h5-8,18H,3-4,9-13H2,1-2H3. The summed E-state index contributed by atoms with van der Waals surface area (Å²) in [6, 6.07) is 7.83. The van der Waals surface area contributed by atoms with Gasteiger partial charge in [0, 0.05) is 18.1 Å². The maximum absolute atomic E-state index is 12.0. The molecule has 0 heterocycles. The molecule has 1 amide bonds. The van der Waals surface area contributed by atoms with Crippen LogP contribution in [0.25, 0.3) is 0 Å². The molecule has 1 aromatic carbocycles. The molecule has 1 rings (SSSR count). The van der Waals surface area contributed by atoms with Crippen molar-refractivity contribution in [2.75, 3.05) is 26.2 Å². The zero-order valence-corrected chi connectivity index (χ0v) is 13.2. The monoisotopic (exact) mass is 296 g/mol. The average Bonchev–Trinajstić information content (AvgIpc) is 2.45. The van der Waals surface area contributed by atoms with Gasteiger partial charge in [-0.15, -0.1) is 0 Å². The lowest BCUT2D eigenvalue weighted by Gasteiger charge is -2.21. The number of carbonyl (C=O) groups excluding carboxylic acids is 1. The summed E-state index contributed by atoms with van der Waals surface area (Å²) < 4.78 is 0. The fourth-order valence-corrected chi connectivity index (χ4v) is 2.22. The third-order valence-corrected chi connectivity index (χ3v) is 3.37. The predicted octanol–water partition coefficient (Wildman–Crippen LogP) is 3.12. The maximum Gasteiger partial charge on any atom is 0.236 e. The Morgan fingerprint density at radius 3 is 2.30 bits per heavy atom. The predicted molar refractivity (Wildman–Crippen MR) is 85.2 cm³/mol. The molecule has 0 aliphatic carbocycles. The summed E-state index contributed by atoms with van der Waals surface area (Å²) in [4.78, 5) is 14.0. The molecule has 0 aliphatic rings. The number of amides is 1. The average molecular weight is 297 g/mol. The van der Waals surface area contributed by atoms with Crippen molar-refractivity contribution in [1.29, 1.82) is 0 Å². The van der Waals surface area contributed by atoms with E-state index in [9.17, 15) is 4.79 Å². The molecule has 112 valence electrons. The highest BCUT2D eigenvalue weighted by molar-refractivity contribution is 6.30. The summed E-state index contributed by atoms with van der Waals surface area (Å²) in [7, 11) is 0. The number of nitrogens with zero attached hydrogens (tertiary/aromatic N) is 1. The zero-order chi connectivity index (χ0) is 14.8. The van der Waals surface area contributed by atoms with E-state index in [4.69, 9.17) is 11.6 Å². The van der Waals surface area contributed by atoms with Crippen LogP contribution in [0.2, 0.25) is 5.02 Å². The van der Waals surface area contributed by atoms with Crippen LogP contribution in [0.4, 0.5) is 0 Å². The van der Waals surface area contributed by atoms with Crippen molar-refractivity contribution in [2.24, 2.45) is 0 Å². The Kier molecular flexibility index (Phi) is 8.31. The van der Waals surface area contributed by atoms with E-state index in [1.165, 1.54) is 5.56 Å². The lowest BCUT2D eigenvalue weighted by Crippen LogP contribution is -2.39. The molecular formula is C16H25ClN2O. The second kappa shape index (κ2) is 9.78. The molecule has 0 fully saturated rings. The first-order chi connectivity index (χ1) is 9.67. The van der Waals surface area contributed by atoms with Gasteiger partial charge in [0.05, 0.1) is 6.54 Å². The van der Waals surface area contributed by atoms with Gasteiger partial charge in [0.1, 0.15) is 0 Å². The molecule has 0 saturated heterocycles. The summed E-state index contributed by atoms with van der Waals surface area (Å²) in [5, 5.41) is 3.98. The van der Waals surface area contributed by atoms with Crippen LogP contribution < -0.4 is 5.32 Å². The Morgan fingerprint density at radius 1 is 1.15 bits per heavy atom. The number of hydrogen-bond donors (Lipinski definition) is 1. The van der Waals surface area contributed by atoms with E-state index in [2.05, 4.69) is 19.2 Å². The highest BCUT2D eigenvalue weighted by atomic mass is 35.5. The third kappa shape index (κ3) is 6.40. The van der Waals surface area contributed by atoms with Crippen molar-refractivity contribution >= 4 is 17.5 Å². The van der Waals surface area contributed by atoms with E-state index >= 15 is 0 Å². The summed E-state index contributed by atoms with van der Waals surface area (Å²) in [6.45, 7) is 7.14. The van der Waals surface area contributed by atoms with Crippen LogP contribution in [0.5, 0.6) is 0 Å². The Morgan fingerprint density at radius 2 is 1.75 bits per heavy atom. The quantitative estimate of drug-likeness (QED) is 0.710. The Labute approximate surface area is 127 Å². The number of hydrogen-bond acceptors (Lipinski definition) is 2. The number of benzene rings is 1. The number of rotatable bonds is 9. The largest absolute Gasteiger partial charge is 0.342 e. The second-order valence-corrected chi connectivity index (χ2v) is 5.37. The first-order valence-electron chi connectivity index (χ1n) is 7.40. The molecule has 0 aromatic heterocycles. The van der Waals surface area contributed by atoms with Crippen LogP contribution in [0.1, 0.15) is 32.3 Å². The van der Waals surface area contributed by atoms with E-state index in [0.29, 0.717) is 6.54 Å². The SMILES string of the molecule is CCCN(CCC)C(=O)CNCCc1ccc(Cl)cc1. The minimum atomic E-state index is 0.199. The van der Waals surface area contributed by atoms with Crippen molar-refractivity contribution in [2.45, 2.75) is 33.1 Å². The molecule has 0 bridgehead atoms. The van der Waals surface area contributed by atoms with Gasteiger partial charge in [-0.3, -0.25) is 4.79 Å². The van der Waals surface area contributed by atoms with E-state index < -0.39 is 0 Å². The van der Waals surface area contributed by atoms with Gasteiger partial charge in [0.15, 0.2) is 0 Å². The molecule has 0 aliphatic heterocycles. The first kappa shape index (κ1) is 17.0. The van der Waals surface area contributed by atoms with Crippen molar-refractivity contribution < 1.29 is 4.79 Å². The van der Waals surface area contributed by atoms with Crippen LogP contribution in [0.15, 0.2) is 24.3 Å². The van der Waals surface area contributed by atoms with Gasteiger partial charge in [-0.2, -0.15) is 0 Å². The van der Waals surface area contributed by atoms with E-state index in [1.54, 1.807) is 0 Å². The van der Waals surface area contributed by atoms with Crippen LogP contribution in [0, 0.1) is 0 Å². The molecule has 1 N–H and O–H groups in total. The fourth-order valence-electron chi connectivity index (χ4n) is 2.09. The van der Waals surface area contributed by atoms with Crippen LogP contribution in [0.3, 0.4) is 0 Å². The lowest BCUT2D eigenvalue weighted by molar-refractivity contribution is -0.130. The normalized spacial score (nSPS) is 10.6. The van der Waals surface area contributed by atoms with Gasteiger partial charge < -0.3 is 10.2 Å². The lowest BCUT2D eigenvalue weighted by atomic mass is 10.1. The molecule has 1 aromatic rings. The zero-order valence-electron chi connectivity index (χ0n) is 12.5. The van der Waals surface area contributed by atoms with Crippen LogP contribution in [-0.4, -0.2) is 37.0 Å². The first-order valence-corrected chi connectivity index (χ1v) is 7.78. The highest BCUT2D eigenvalue weighted by Crippen LogP contribution is 2.09. The minimum Gasteiger partial charge on any atom is -0.342 e. The summed E-state index contributed by atoms with van der Waals surface area (Å²) in [6.07, 6.45) is 2.93. The molecular weight excluding hydrogens is 272 g/mol. The topological polar surface area (TPSA) is 32.3 Å². The van der Waals surface area contributed by atoms with Crippen LogP contribution >= 0.6 is 11.6 Å². The second-order valence-electron chi connectivity index (χ2n) is 4.93. The molecule has 4 heteroatoms. The Bertz CT molecular complexity index is 386. The van der Waals surface area contributed by atoms with Gasteiger partial charge in [-0.05, 0) is 43.5 Å². The van der Waals surface area contributed by atoms with E-state index in [1.807, 2.05) is 29.2 Å². The van der Waals surface area contributed by atoms with E-state index in [0.717, 1.165) is 43.9 Å². The van der Waals surface area contributed by atoms with Gasteiger partial charge in [0.2, 0.25) is 5.91 Å². The van der Waals surface area contributed by atoms with Crippen molar-refractivity contribution in [3.8, 4) is 0 Å².